The summed E-state index contributed by atoms with van der Waals surface area (Å²) < 4.78 is 10.6. The molecule has 1 unspecified atom stereocenters. The molecule has 4 heteroatoms. The van der Waals surface area contributed by atoms with Crippen LogP contribution in [0.2, 0.25) is 0 Å². The van der Waals surface area contributed by atoms with Gasteiger partial charge in [-0.05, 0) is 27.7 Å². The Labute approximate surface area is 86.0 Å². The molecule has 0 radical (unpaired) electrons. The van der Waals surface area contributed by atoms with Gasteiger partial charge in [0.05, 0.1) is 31.5 Å². The zero-order valence-corrected chi connectivity index (χ0v) is 9.46. The van der Waals surface area contributed by atoms with Gasteiger partial charge in [-0.25, -0.2) is 0 Å². The Morgan fingerprint density at radius 2 is 1.79 bits per heavy atom. The second kappa shape index (κ2) is 5.30. The molecule has 0 aromatic rings. The normalized spacial score (nSPS) is 16.0. The highest BCUT2D eigenvalue weighted by molar-refractivity contribution is 5.00. The molecule has 4 nitrogen and oxygen atoms in total. The highest BCUT2D eigenvalue weighted by atomic mass is 16.5. The molecule has 1 atom stereocenters. The molecular formula is C10H20N2O2. The maximum absolute atomic E-state index is 8.59. The van der Waals surface area contributed by atoms with Crippen LogP contribution in [0.3, 0.4) is 0 Å². The summed E-state index contributed by atoms with van der Waals surface area (Å²) in [6.07, 6.45) is 0. The van der Waals surface area contributed by atoms with Crippen LogP contribution in [-0.2, 0) is 9.47 Å². The molecule has 0 spiro atoms. The van der Waals surface area contributed by atoms with E-state index >= 15 is 0 Å². The van der Waals surface area contributed by atoms with E-state index in [0.29, 0.717) is 13.2 Å². The lowest BCUT2D eigenvalue weighted by atomic mass is 10.1. The molecule has 0 bridgehead atoms. The van der Waals surface area contributed by atoms with Gasteiger partial charge in [-0.15, -0.1) is 0 Å². The van der Waals surface area contributed by atoms with Gasteiger partial charge in [0.25, 0.3) is 0 Å². The van der Waals surface area contributed by atoms with Crippen molar-refractivity contribution in [3.8, 4) is 6.07 Å². The Hall–Kier alpha value is -0.630. The highest BCUT2D eigenvalue weighted by Crippen LogP contribution is 2.06. The molecule has 0 aromatic heterocycles. The fraction of sp³-hybridized carbons (Fsp3) is 0.900. The highest BCUT2D eigenvalue weighted by Gasteiger charge is 2.17. The largest absolute Gasteiger partial charge is 0.376 e. The van der Waals surface area contributed by atoms with Crippen LogP contribution in [-0.4, -0.2) is 31.0 Å². The first-order valence-electron chi connectivity index (χ1n) is 4.69. The van der Waals surface area contributed by atoms with Gasteiger partial charge in [-0.2, -0.15) is 5.26 Å². The van der Waals surface area contributed by atoms with E-state index in [9.17, 15) is 0 Å². The lowest BCUT2D eigenvalue weighted by Crippen LogP contribution is -2.39. The molecule has 0 saturated heterocycles. The molecule has 0 heterocycles. The topological polar surface area (TPSA) is 68.3 Å². The van der Waals surface area contributed by atoms with Gasteiger partial charge in [0.2, 0.25) is 0 Å². The number of hydrogen-bond acceptors (Lipinski definition) is 4. The summed E-state index contributed by atoms with van der Waals surface area (Å²) in [5.74, 6) is 0. The molecule has 0 aliphatic rings. The van der Waals surface area contributed by atoms with Crippen molar-refractivity contribution in [1.29, 1.82) is 5.26 Å². The molecule has 0 amide bonds. The molecular weight excluding hydrogens is 180 g/mol. The van der Waals surface area contributed by atoms with Gasteiger partial charge >= 0.3 is 0 Å². The lowest BCUT2D eigenvalue weighted by molar-refractivity contribution is -0.0379. The van der Waals surface area contributed by atoms with Crippen LogP contribution < -0.4 is 5.73 Å². The monoisotopic (exact) mass is 200 g/mol. The number of nitriles is 1. The van der Waals surface area contributed by atoms with E-state index in [1.165, 1.54) is 0 Å². The molecule has 14 heavy (non-hydrogen) atoms. The van der Waals surface area contributed by atoms with E-state index in [-0.39, 0.29) is 12.2 Å². The fourth-order valence-corrected chi connectivity index (χ4v) is 0.723. The van der Waals surface area contributed by atoms with Crippen molar-refractivity contribution in [2.45, 2.75) is 38.8 Å². The van der Waals surface area contributed by atoms with Crippen molar-refractivity contribution < 1.29 is 9.47 Å². The molecule has 2 N–H and O–H groups in total. The Kier molecular flexibility index (Phi) is 5.06. The van der Waals surface area contributed by atoms with Gasteiger partial charge in [0.15, 0.2) is 0 Å². The zero-order chi connectivity index (χ0) is 11.2. The molecule has 0 aliphatic carbocycles. The van der Waals surface area contributed by atoms with Crippen molar-refractivity contribution in [2.75, 3.05) is 19.8 Å². The summed E-state index contributed by atoms with van der Waals surface area (Å²) in [4.78, 5) is 0. The van der Waals surface area contributed by atoms with Crippen molar-refractivity contribution in [2.24, 2.45) is 5.73 Å². The van der Waals surface area contributed by atoms with Gasteiger partial charge in [0, 0.05) is 0 Å². The molecule has 0 rings (SSSR count). The van der Waals surface area contributed by atoms with Crippen LogP contribution in [0.15, 0.2) is 0 Å². The average Bonchev–Trinajstić information content (AvgIpc) is 2.01. The van der Waals surface area contributed by atoms with Crippen LogP contribution in [0.25, 0.3) is 0 Å². The minimum Gasteiger partial charge on any atom is -0.376 e. The van der Waals surface area contributed by atoms with E-state index in [1.807, 2.05) is 26.8 Å². The summed E-state index contributed by atoms with van der Waals surface area (Å²) in [6.45, 7) is 8.80. The third-order valence-electron chi connectivity index (χ3n) is 1.42. The third kappa shape index (κ3) is 7.99. The minimum absolute atomic E-state index is 0.148. The maximum Gasteiger partial charge on any atom is 0.124 e. The Morgan fingerprint density at radius 1 is 1.21 bits per heavy atom. The van der Waals surface area contributed by atoms with E-state index in [2.05, 4.69) is 0 Å². The average molecular weight is 200 g/mol. The van der Waals surface area contributed by atoms with Gasteiger partial charge in [-0.1, -0.05) is 0 Å². The summed E-state index contributed by atoms with van der Waals surface area (Å²) in [6, 6.07) is 1.96. The first kappa shape index (κ1) is 13.4. The number of nitrogens with two attached hydrogens (primary N) is 1. The number of nitrogens with zero attached hydrogens (tertiary/aromatic N) is 1. The molecule has 0 saturated carbocycles. The zero-order valence-electron chi connectivity index (χ0n) is 9.46. The first-order valence-corrected chi connectivity index (χ1v) is 4.69. The maximum atomic E-state index is 8.59. The second-order valence-electron chi connectivity index (χ2n) is 4.54. The Balaban J connectivity index is 3.45. The summed E-state index contributed by atoms with van der Waals surface area (Å²) in [5, 5.41) is 8.59. The smallest absolute Gasteiger partial charge is 0.124 e. The lowest BCUT2D eigenvalue weighted by Gasteiger charge is -2.20. The number of ether oxygens (including phenoxy) is 2. The van der Waals surface area contributed by atoms with Crippen molar-refractivity contribution in [3.63, 3.8) is 0 Å². The van der Waals surface area contributed by atoms with Crippen LogP contribution >= 0.6 is 0 Å². The summed E-state index contributed by atoms with van der Waals surface area (Å²) in [7, 11) is 0. The molecule has 0 aromatic carbocycles. The standard InChI is InChI=1S/C10H20N2O2/c1-9(2,3)14-6-5-13-8-10(4,12)7-11/h5-6,8,12H2,1-4H3. The predicted octanol–water partition coefficient (Wildman–Crippen LogP) is 1.06. The van der Waals surface area contributed by atoms with Crippen LogP contribution in [0.5, 0.6) is 0 Å². The van der Waals surface area contributed by atoms with Crippen molar-refractivity contribution in [1.82, 2.24) is 0 Å². The van der Waals surface area contributed by atoms with Crippen LogP contribution in [0, 0.1) is 11.3 Å². The van der Waals surface area contributed by atoms with Crippen molar-refractivity contribution >= 4 is 0 Å². The molecule has 0 fully saturated rings. The third-order valence-corrected chi connectivity index (χ3v) is 1.42. The number of hydrogen-bond donors (Lipinski definition) is 1. The van der Waals surface area contributed by atoms with E-state index in [4.69, 9.17) is 20.5 Å². The van der Waals surface area contributed by atoms with E-state index < -0.39 is 5.54 Å². The quantitative estimate of drug-likeness (QED) is 0.674. The Bertz CT molecular complexity index is 201. The first-order chi connectivity index (χ1) is 6.27. The summed E-state index contributed by atoms with van der Waals surface area (Å²) in [5.41, 5.74) is 4.51. The number of rotatable bonds is 5. The molecule has 0 aliphatic heterocycles. The summed E-state index contributed by atoms with van der Waals surface area (Å²) >= 11 is 0. The Morgan fingerprint density at radius 3 is 2.21 bits per heavy atom. The van der Waals surface area contributed by atoms with Gasteiger partial charge in [-0.3, -0.25) is 0 Å². The van der Waals surface area contributed by atoms with Crippen LogP contribution in [0.1, 0.15) is 27.7 Å². The van der Waals surface area contributed by atoms with E-state index in [1.54, 1.807) is 6.92 Å². The minimum atomic E-state index is -0.901. The van der Waals surface area contributed by atoms with E-state index in [0.717, 1.165) is 0 Å². The van der Waals surface area contributed by atoms with Crippen LogP contribution in [0.4, 0.5) is 0 Å². The van der Waals surface area contributed by atoms with Gasteiger partial charge < -0.3 is 15.2 Å². The fourth-order valence-electron chi connectivity index (χ4n) is 0.723. The molecule has 82 valence electrons. The van der Waals surface area contributed by atoms with Gasteiger partial charge in [0.1, 0.15) is 5.54 Å². The second-order valence-corrected chi connectivity index (χ2v) is 4.54. The van der Waals surface area contributed by atoms with Crippen molar-refractivity contribution in [3.05, 3.63) is 0 Å². The predicted molar refractivity (Wildman–Crippen MR) is 54.7 cm³/mol. The SMILES string of the molecule is CC(N)(C#N)COCCOC(C)(C)C.